The maximum Gasteiger partial charge on any atom is 0.219 e. The highest BCUT2D eigenvalue weighted by Gasteiger charge is 1.88. The number of hydrogen-bond donors (Lipinski definition) is 0. The van der Waals surface area contributed by atoms with E-state index >= 15 is 0 Å². The lowest BCUT2D eigenvalue weighted by Gasteiger charge is -1.76. The molecule has 1 radical (unpaired) electrons. The number of carbonyl (C=O) groups excluding carboxylic acids is 1. The first kappa shape index (κ1) is 6.37. The number of rotatable bonds is 2. The van der Waals surface area contributed by atoms with Crippen LogP contribution in [0.5, 0.6) is 0 Å². The van der Waals surface area contributed by atoms with Crippen molar-refractivity contribution < 1.29 is 4.79 Å². The van der Waals surface area contributed by atoms with Crippen LogP contribution in [0.4, 0.5) is 0 Å². The molecule has 0 aromatic rings. The Labute approximate surface area is 50.7 Å². The molecule has 3 heteroatoms. The van der Waals surface area contributed by atoms with Gasteiger partial charge in [-0.3, -0.25) is 4.79 Å². The molecule has 0 amide bonds. The maximum atomic E-state index is 9.83. The molecule has 0 N–H and O–H groups in total. The predicted octanol–water partition coefficient (Wildman–Crippen LogP) is 1.50. The number of hydrogen-bond acceptors (Lipinski definition) is 1. The highest BCUT2D eigenvalue weighted by atomic mass is 79.9. The molecule has 0 aromatic carbocycles. The Morgan fingerprint density at radius 2 is 2.33 bits per heavy atom. The van der Waals surface area contributed by atoms with Gasteiger partial charge in [-0.1, -0.05) is 15.9 Å². The highest BCUT2D eigenvalue weighted by Crippen LogP contribution is 1.90. The van der Waals surface area contributed by atoms with Crippen molar-refractivity contribution in [2.45, 2.75) is 6.42 Å². The summed E-state index contributed by atoms with van der Waals surface area (Å²) in [4.78, 5) is 9.83. The van der Waals surface area contributed by atoms with Crippen LogP contribution < -0.4 is 0 Å². The van der Waals surface area contributed by atoms with E-state index in [1.165, 1.54) is 0 Å². The van der Waals surface area contributed by atoms with E-state index in [9.17, 15) is 4.79 Å². The first-order valence-electron chi connectivity index (χ1n) is 1.53. The Morgan fingerprint density at radius 1 is 1.83 bits per heavy atom. The summed E-state index contributed by atoms with van der Waals surface area (Å²) >= 11 is 7.27. The molecule has 0 rings (SSSR count). The topological polar surface area (TPSA) is 17.1 Å². The zero-order valence-corrected chi connectivity index (χ0v) is 5.51. The van der Waals surface area contributed by atoms with Crippen LogP contribution in [-0.4, -0.2) is 10.4 Å². The van der Waals surface area contributed by atoms with Crippen LogP contribution in [0.1, 0.15) is 6.42 Å². The van der Waals surface area contributed by atoms with Gasteiger partial charge in [-0.05, 0) is 12.6 Å². The molecule has 0 heterocycles. The molecule has 0 atom stereocenters. The third-order valence-corrected chi connectivity index (χ3v) is 0.899. The summed E-state index contributed by atoms with van der Waals surface area (Å²) in [5.74, 6) is 0. The SMILES string of the molecule is O=C([S])CCBr. The second kappa shape index (κ2) is 3.56. The summed E-state index contributed by atoms with van der Waals surface area (Å²) in [5.41, 5.74) is 0. The molecule has 1 nitrogen and oxygen atoms in total. The Hall–Kier alpha value is 0.370. The van der Waals surface area contributed by atoms with Crippen molar-refractivity contribution in [1.29, 1.82) is 0 Å². The minimum Gasteiger partial charge on any atom is -0.282 e. The lowest BCUT2D eigenvalue weighted by atomic mass is 10.6. The fraction of sp³-hybridized carbons (Fsp3) is 0.667. The predicted molar refractivity (Wildman–Crippen MR) is 31.0 cm³/mol. The monoisotopic (exact) mass is 167 g/mol. The Bertz CT molecular complexity index is 54.8. The van der Waals surface area contributed by atoms with Gasteiger partial charge in [0.05, 0.1) is 0 Å². The minimum absolute atomic E-state index is 0.174. The van der Waals surface area contributed by atoms with Gasteiger partial charge in [-0.15, -0.1) is 0 Å². The molecule has 35 valence electrons. The van der Waals surface area contributed by atoms with Gasteiger partial charge in [-0.25, -0.2) is 0 Å². The number of carbonyl (C=O) groups is 1. The second-order valence-electron chi connectivity index (χ2n) is 0.811. The van der Waals surface area contributed by atoms with Gasteiger partial charge < -0.3 is 0 Å². The molecular weight excluding hydrogens is 164 g/mol. The molecule has 0 aliphatic rings. The zero-order valence-electron chi connectivity index (χ0n) is 3.11. The molecular formula is C3H4BrOS. The number of alkyl halides is 1. The van der Waals surface area contributed by atoms with Crippen molar-refractivity contribution in [3.63, 3.8) is 0 Å². The first-order chi connectivity index (χ1) is 2.77. The molecule has 0 unspecified atom stereocenters. The van der Waals surface area contributed by atoms with E-state index in [4.69, 9.17) is 0 Å². The molecule has 0 aliphatic carbocycles. The van der Waals surface area contributed by atoms with Crippen LogP contribution in [-0.2, 0) is 4.79 Å². The maximum absolute atomic E-state index is 9.83. The third-order valence-electron chi connectivity index (χ3n) is 0.299. The van der Waals surface area contributed by atoms with Crippen LogP contribution in [0.3, 0.4) is 0 Å². The summed E-state index contributed by atoms with van der Waals surface area (Å²) in [6.45, 7) is 0. The van der Waals surface area contributed by atoms with Crippen LogP contribution in [0.2, 0.25) is 0 Å². The molecule has 0 bridgehead atoms. The van der Waals surface area contributed by atoms with Gasteiger partial charge in [0.15, 0.2) is 0 Å². The average molecular weight is 168 g/mol. The molecule has 0 aromatic heterocycles. The fourth-order valence-electron chi connectivity index (χ4n) is 0.0772. The van der Waals surface area contributed by atoms with Gasteiger partial charge in [0.2, 0.25) is 5.12 Å². The van der Waals surface area contributed by atoms with Crippen LogP contribution >= 0.6 is 28.6 Å². The van der Waals surface area contributed by atoms with Gasteiger partial charge in [0, 0.05) is 11.8 Å². The Morgan fingerprint density at radius 3 is 2.33 bits per heavy atom. The van der Waals surface area contributed by atoms with Crippen molar-refractivity contribution in [3.8, 4) is 0 Å². The van der Waals surface area contributed by atoms with Crippen molar-refractivity contribution >= 4 is 33.7 Å². The van der Waals surface area contributed by atoms with Gasteiger partial charge in [0.25, 0.3) is 0 Å². The van der Waals surface area contributed by atoms with Crippen LogP contribution in [0, 0.1) is 0 Å². The summed E-state index contributed by atoms with van der Waals surface area (Å²) in [5, 5.41) is 0.516. The van der Waals surface area contributed by atoms with Crippen molar-refractivity contribution in [1.82, 2.24) is 0 Å². The van der Waals surface area contributed by atoms with Crippen LogP contribution in [0.25, 0.3) is 0 Å². The highest BCUT2D eigenvalue weighted by molar-refractivity contribution is 9.09. The van der Waals surface area contributed by atoms with Crippen molar-refractivity contribution in [2.24, 2.45) is 0 Å². The van der Waals surface area contributed by atoms with E-state index in [1.807, 2.05) is 0 Å². The summed E-state index contributed by atoms with van der Waals surface area (Å²) in [6.07, 6.45) is 0.468. The minimum atomic E-state index is -0.174. The van der Waals surface area contributed by atoms with E-state index in [0.717, 1.165) is 0 Å². The largest absolute Gasteiger partial charge is 0.282 e. The normalized spacial score (nSPS) is 8.17. The van der Waals surface area contributed by atoms with Gasteiger partial charge in [0.1, 0.15) is 0 Å². The van der Waals surface area contributed by atoms with Crippen molar-refractivity contribution in [3.05, 3.63) is 0 Å². The quantitative estimate of drug-likeness (QED) is 0.571. The summed E-state index contributed by atoms with van der Waals surface area (Å²) in [7, 11) is 0. The summed E-state index contributed by atoms with van der Waals surface area (Å²) in [6, 6.07) is 0. The molecule has 0 spiro atoms. The van der Waals surface area contributed by atoms with E-state index in [-0.39, 0.29) is 5.12 Å². The van der Waals surface area contributed by atoms with Crippen LogP contribution in [0.15, 0.2) is 0 Å². The van der Waals surface area contributed by atoms with E-state index in [1.54, 1.807) is 0 Å². The molecule has 6 heavy (non-hydrogen) atoms. The van der Waals surface area contributed by atoms with E-state index in [0.29, 0.717) is 11.8 Å². The molecule has 0 saturated heterocycles. The lowest BCUT2D eigenvalue weighted by Crippen LogP contribution is -1.83. The smallest absolute Gasteiger partial charge is 0.219 e. The molecule has 0 saturated carbocycles. The molecule has 0 fully saturated rings. The lowest BCUT2D eigenvalue weighted by molar-refractivity contribution is -0.110. The van der Waals surface area contributed by atoms with E-state index < -0.39 is 0 Å². The Balaban J connectivity index is 2.83. The summed E-state index contributed by atoms with van der Waals surface area (Å²) < 4.78 is 0. The second-order valence-corrected chi connectivity index (χ2v) is 2.06. The number of halogens is 1. The standard InChI is InChI=1S/C3H4BrOS/c4-2-1-3(5)6/h1-2H2. The average Bonchev–Trinajstić information content (AvgIpc) is 1.35. The molecule has 0 aliphatic heterocycles. The fourth-order valence-corrected chi connectivity index (χ4v) is 0.802. The third kappa shape index (κ3) is 4.37. The van der Waals surface area contributed by atoms with Gasteiger partial charge >= 0.3 is 0 Å². The Kier molecular flexibility index (Phi) is 3.78. The first-order valence-corrected chi connectivity index (χ1v) is 3.06. The zero-order chi connectivity index (χ0) is 4.99. The van der Waals surface area contributed by atoms with Crippen molar-refractivity contribution in [2.75, 3.05) is 5.33 Å². The van der Waals surface area contributed by atoms with E-state index in [2.05, 4.69) is 28.6 Å². The van der Waals surface area contributed by atoms with Gasteiger partial charge in [-0.2, -0.15) is 0 Å².